The molecule has 3 aromatic rings. The molecule has 0 aliphatic carbocycles. The molecule has 1 aromatic carbocycles. The normalized spacial score (nSPS) is 10.4. The van der Waals surface area contributed by atoms with Crippen molar-refractivity contribution in [2.24, 2.45) is 0 Å². The lowest BCUT2D eigenvalue weighted by Gasteiger charge is -2.00. The third-order valence-electron chi connectivity index (χ3n) is 3.34. The van der Waals surface area contributed by atoms with Crippen LogP contribution in [0.25, 0.3) is 0 Å². The van der Waals surface area contributed by atoms with Crippen LogP contribution in [-0.2, 0) is 6.54 Å². The number of nitrogens with one attached hydrogen (secondary N) is 1. The van der Waals surface area contributed by atoms with Gasteiger partial charge < -0.3 is 9.73 Å². The maximum absolute atomic E-state index is 12.3. The Bertz CT molecular complexity index is 929. The summed E-state index contributed by atoms with van der Waals surface area (Å²) in [4.78, 5) is 35.5. The summed E-state index contributed by atoms with van der Waals surface area (Å²) in [6.45, 7) is 0.195. The third-order valence-corrected chi connectivity index (χ3v) is 4.42. The molecule has 7 nitrogen and oxygen atoms in total. The first kappa shape index (κ1) is 16.6. The van der Waals surface area contributed by atoms with E-state index < -0.39 is 16.7 Å². The lowest BCUT2D eigenvalue weighted by molar-refractivity contribution is -0.402. The van der Waals surface area contributed by atoms with Crippen LogP contribution in [0.2, 0.25) is 0 Å². The zero-order chi connectivity index (χ0) is 17.8. The van der Waals surface area contributed by atoms with Gasteiger partial charge in [-0.3, -0.25) is 19.7 Å². The molecule has 2 aromatic heterocycles. The maximum Gasteiger partial charge on any atom is 0.433 e. The first-order chi connectivity index (χ1) is 12.0. The number of thiophene rings is 1. The number of benzene rings is 1. The number of carbonyl (C=O) groups is 2. The number of hydrogen-bond acceptors (Lipinski definition) is 6. The summed E-state index contributed by atoms with van der Waals surface area (Å²) in [5, 5.41) is 13.2. The van der Waals surface area contributed by atoms with Crippen molar-refractivity contribution in [3.63, 3.8) is 0 Å². The largest absolute Gasteiger partial charge is 0.433 e. The average Bonchev–Trinajstić information content (AvgIpc) is 3.29. The Morgan fingerprint density at radius 1 is 1.08 bits per heavy atom. The summed E-state index contributed by atoms with van der Waals surface area (Å²) in [5.74, 6) is -1.26. The van der Waals surface area contributed by atoms with Crippen molar-refractivity contribution in [3.05, 3.63) is 85.8 Å². The van der Waals surface area contributed by atoms with E-state index in [0.717, 1.165) is 10.9 Å². The Hall–Kier alpha value is -3.26. The number of hydrogen-bond donors (Lipinski definition) is 1. The van der Waals surface area contributed by atoms with Gasteiger partial charge in [-0.15, -0.1) is 11.3 Å². The van der Waals surface area contributed by atoms with E-state index in [1.807, 2.05) is 6.07 Å². The lowest BCUT2D eigenvalue weighted by atomic mass is 10.1. The minimum Gasteiger partial charge on any atom is -0.395 e. The van der Waals surface area contributed by atoms with Gasteiger partial charge in [0.05, 0.1) is 17.5 Å². The summed E-state index contributed by atoms with van der Waals surface area (Å²) in [6.07, 6.45) is 0. The van der Waals surface area contributed by atoms with Crippen LogP contribution in [0.4, 0.5) is 5.88 Å². The second-order valence-corrected chi connectivity index (χ2v) is 6.21. The van der Waals surface area contributed by atoms with Crippen LogP contribution in [0, 0.1) is 10.1 Å². The Balaban J connectivity index is 1.62. The van der Waals surface area contributed by atoms with Crippen molar-refractivity contribution in [2.75, 3.05) is 0 Å². The van der Waals surface area contributed by atoms with E-state index in [1.54, 1.807) is 36.4 Å². The predicted molar refractivity (Wildman–Crippen MR) is 90.7 cm³/mol. The molecule has 25 heavy (non-hydrogen) atoms. The van der Waals surface area contributed by atoms with Gasteiger partial charge in [-0.2, -0.15) is 0 Å². The number of rotatable bonds is 6. The van der Waals surface area contributed by atoms with Crippen molar-refractivity contribution in [3.8, 4) is 0 Å². The molecule has 1 amide bonds. The number of carbonyl (C=O) groups excluding carboxylic acids is 2. The highest BCUT2D eigenvalue weighted by Gasteiger charge is 2.17. The van der Waals surface area contributed by atoms with E-state index in [9.17, 15) is 19.7 Å². The van der Waals surface area contributed by atoms with Gasteiger partial charge in [-0.1, -0.05) is 30.3 Å². The number of nitro groups is 1. The molecule has 1 N–H and O–H groups in total. The molecule has 2 heterocycles. The zero-order valence-corrected chi connectivity index (χ0v) is 13.6. The molecule has 8 heteroatoms. The van der Waals surface area contributed by atoms with E-state index in [0.29, 0.717) is 10.4 Å². The van der Waals surface area contributed by atoms with Crippen molar-refractivity contribution < 1.29 is 18.9 Å². The van der Waals surface area contributed by atoms with Gasteiger partial charge in [-0.25, -0.2) is 0 Å². The van der Waals surface area contributed by atoms with E-state index >= 15 is 0 Å². The third kappa shape index (κ3) is 3.81. The van der Waals surface area contributed by atoms with Gasteiger partial charge in [0.1, 0.15) is 4.92 Å². The van der Waals surface area contributed by atoms with E-state index in [-0.39, 0.29) is 18.1 Å². The topological polar surface area (TPSA) is 102 Å². The maximum atomic E-state index is 12.3. The van der Waals surface area contributed by atoms with Crippen LogP contribution in [0.5, 0.6) is 0 Å². The minimum absolute atomic E-state index is 0.0789. The van der Waals surface area contributed by atoms with Gasteiger partial charge >= 0.3 is 5.88 Å². The van der Waals surface area contributed by atoms with Crippen LogP contribution in [0.3, 0.4) is 0 Å². The molecule has 0 aliphatic rings. The Morgan fingerprint density at radius 3 is 2.52 bits per heavy atom. The monoisotopic (exact) mass is 356 g/mol. The molecule has 0 saturated heterocycles. The van der Waals surface area contributed by atoms with Crippen molar-refractivity contribution in [1.82, 2.24) is 5.32 Å². The highest BCUT2D eigenvalue weighted by Crippen LogP contribution is 2.20. The summed E-state index contributed by atoms with van der Waals surface area (Å²) in [5.41, 5.74) is 0.600. The summed E-state index contributed by atoms with van der Waals surface area (Å²) < 4.78 is 4.83. The molecule has 0 unspecified atom stereocenters. The quantitative estimate of drug-likeness (QED) is 0.414. The van der Waals surface area contributed by atoms with E-state index in [2.05, 4.69) is 5.32 Å². The van der Waals surface area contributed by atoms with E-state index in [1.165, 1.54) is 17.4 Å². The van der Waals surface area contributed by atoms with Gasteiger partial charge in [-0.05, 0) is 18.2 Å². The highest BCUT2D eigenvalue weighted by atomic mass is 32.1. The number of furan rings is 1. The smallest absolute Gasteiger partial charge is 0.395 e. The molecule has 0 spiro atoms. The van der Waals surface area contributed by atoms with Gasteiger partial charge in [0.2, 0.25) is 5.78 Å². The summed E-state index contributed by atoms with van der Waals surface area (Å²) in [7, 11) is 0. The Morgan fingerprint density at radius 2 is 1.84 bits per heavy atom. The standard InChI is InChI=1S/C17H12N2O5S/c20-16(11-4-2-1-3-5-11)14-8-6-12(25-14)10-18-17(21)13-7-9-15(24-13)19(22)23/h1-9H,10H2,(H,18,21). The molecular weight excluding hydrogens is 344 g/mol. The van der Waals surface area contributed by atoms with Crippen LogP contribution in [0.1, 0.15) is 30.7 Å². The number of nitrogens with zero attached hydrogens (tertiary/aromatic N) is 1. The number of ketones is 1. The van der Waals surface area contributed by atoms with Crippen LogP contribution in [0.15, 0.2) is 59.0 Å². The molecule has 0 fully saturated rings. The SMILES string of the molecule is O=C(NCc1ccc(C(=O)c2ccccc2)s1)c1ccc([N+](=O)[O-])o1. The van der Waals surface area contributed by atoms with Crippen LogP contribution >= 0.6 is 11.3 Å². The molecule has 0 atom stereocenters. The lowest BCUT2D eigenvalue weighted by Crippen LogP contribution is -2.21. The molecule has 0 bridgehead atoms. The first-order valence-corrected chi connectivity index (χ1v) is 8.07. The van der Waals surface area contributed by atoms with Crippen LogP contribution in [-0.4, -0.2) is 16.6 Å². The average molecular weight is 356 g/mol. The fourth-order valence-corrected chi connectivity index (χ4v) is 3.04. The predicted octanol–water partition coefficient (Wildman–Crippen LogP) is 3.41. The van der Waals surface area contributed by atoms with Gasteiger partial charge in [0.15, 0.2) is 5.76 Å². The minimum atomic E-state index is -0.711. The molecule has 126 valence electrons. The van der Waals surface area contributed by atoms with Crippen LogP contribution < -0.4 is 5.32 Å². The summed E-state index contributed by atoms with van der Waals surface area (Å²) in [6, 6.07) is 14.7. The van der Waals surface area contributed by atoms with Crippen molar-refractivity contribution in [2.45, 2.75) is 6.54 Å². The zero-order valence-electron chi connectivity index (χ0n) is 12.8. The Labute approximate surface area is 146 Å². The second-order valence-electron chi connectivity index (χ2n) is 5.04. The first-order valence-electron chi connectivity index (χ1n) is 7.25. The fourth-order valence-electron chi connectivity index (χ4n) is 2.13. The highest BCUT2D eigenvalue weighted by molar-refractivity contribution is 7.14. The second kappa shape index (κ2) is 7.10. The molecule has 3 rings (SSSR count). The molecule has 0 aliphatic heterocycles. The molecule has 0 saturated carbocycles. The van der Waals surface area contributed by atoms with Crippen molar-refractivity contribution >= 4 is 28.9 Å². The molecule has 0 radical (unpaired) electrons. The molecular formula is C17H12N2O5S. The van der Waals surface area contributed by atoms with Gasteiger partial charge in [0.25, 0.3) is 5.91 Å². The fraction of sp³-hybridized carbons (Fsp3) is 0.0588. The van der Waals surface area contributed by atoms with Crippen molar-refractivity contribution in [1.29, 1.82) is 0 Å². The number of amides is 1. The van der Waals surface area contributed by atoms with Gasteiger partial charge in [0, 0.05) is 10.4 Å². The summed E-state index contributed by atoms with van der Waals surface area (Å²) >= 11 is 1.28. The Kier molecular flexibility index (Phi) is 4.71. The van der Waals surface area contributed by atoms with E-state index in [4.69, 9.17) is 4.42 Å².